The van der Waals surface area contributed by atoms with E-state index in [1.165, 1.54) is 5.01 Å². The topological polar surface area (TPSA) is 103 Å². The van der Waals surface area contributed by atoms with Crippen molar-refractivity contribution in [3.05, 3.63) is 24.4 Å². The van der Waals surface area contributed by atoms with Gasteiger partial charge in [0.25, 0.3) is 5.91 Å². The number of anilines is 1. The largest absolute Gasteiger partial charge is 0.353 e. The first-order valence-electron chi connectivity index (χ1n) is 9.48. The van der Waals surface area contributed by atoms with Gasteiger partial charge in [-0.05, 0) is 18.6 Å². The molecule has 150 valence electrons. The highest BCUT2D eigenvalue weighted by atomic mass is 32.2. The van der Waals surface area contributed by atoms with Gasteiger partial charge in [0.2, 0.25) is 5.91 Å². The molecule has 2 saturated heterocycles. The number of rotatable bonds is 3. The van der Waals surface area contributed by atoms with Gasteiger partial charge in [0, 0.05) is 45.2 Å². The van der Waals surface area contributed by atoms with E-state index < -0.39 is 15.9 Å². The Bertz CT molecular complexity index is 894. The van der Waals surface area contributed by atoms with Crippen LogP contribution in [0.4, 0.5) is 5.82 Å². The quantitative estimate of drug-likeness (QED) is 0.696. The van der Waals surface area contributed by atoms with Gasteiger partial charge in [0.05, 0.1) is 17.5 Å². The fourth-order valence-electron chi connectivity index (χ4n) is 3.84. The molecule has 0 bridgehead atoms. The third-order valence-electron chi connectivity index (χ3n) is 5.40. The third kappa shape index (κ3) is 3.87. The molecule has 4 rings (SSSR count). The standard InChI is InChI=1S/C18H23N5O4S/c24-17-5-4-15(20-23(17)14-6-12-28(26,27)13-14)18(25)22-10-8-21(9-11-22)16-3-1-2-7-19-16/h1-3,7,14H,4-6,8-13H2. The Morgan fingerprint density at radius 1 is 1.11 bits per heavy atom. The molecule has 1 aromatic rings. The molecule has 1 unspecified atom stereocenters. The van der Waals surface area contributed by atoms with Crippen molar-refractivity contribution in [1.82, 2.24) is 14.9 Å². The van der Waals surface area contributed by atoms with Crippen molar-refractivity contribution in [2.24, 2.45) is 5.10 Å². The fourth-order valence-corrected chi connectivity index (χ4v) is 5.53. The minimum Gasteiger partial charge on any atom is -0.353 e. The first kappa shape index (κ1) is 18.9. The molecule has 9 nitrogen and oxygen atoms in total. The van der Waals surface area contributed by atoms with E-state index in [-0.39, 0.29) is 29.7 Å². The molecule has 1 aromatic heterocycles. The van der Waals surface area contributed by atoms with Gasteiger partial charge in [-0.1, -0.05) is 6.07 Å². The van der Waals surface area contributed by atoms with Gasteiger partial charge in [-0.25, -0.2) is 18.4 Å². The molecule has 0 radical (unpaired) electrons. The van der Waals surface area contributed by atoms with Crippen molar-refractivity contribution in [2.45, 2.75) is 25.3 Å². The van der Waals surface area contributed by atoms with E-state index in [9.17, 15) is 18.0 Å². The van der Waals surface area contributed by atoms with Crippen LogP contribution in [0.3, 0.4) is 0 Å². The van der Waals surface area contributed by atoms with Crippen LogP contribution < -0.4 is 4.90 Å². The van der Waals surface area contributed by atoms with E-state index in [4.69, 9.17) is 0 Å². The summed E-state index contributed by atoms with van der Waals surface area (Å²) in [6, 6.07) is 5.29. The number of nitrogens with zero attached hydrogens (tertiary/aromatic N) is 5. The molecular weight excluding hydrogens is 382 g/mol. The summed E-state index contributed by atoms with van der Waals surface area (Å²) in [4.78, 5) is 33.3. The van der Waals surface area contributed by atoms with E-state index >= 15 is 0 Å². The molecule has 28 heavy (non-hydrogen) atoms. The number of amides is 2. The van der Waals surface area contributed by atoms with Gasteiger partial charge < -0.3 is 9.80 Å². The minimum atomic E-state index is -3.13. The van der Waals surface area contributed by atoms with E-state index in [1.54, 1.807) is 11.1 Å². The molecule has 0 spiro atoms. The Labute approximate surface area is 163 Å². The molecule has 0 aliphatic carbocycles. The highest BCUT2D eigenvalue weighted by Gasteiger charge is 2.38. The van der Waals surface area contributed by atoms with Crippen molar-refractivity contribution in [2.75, 3.05) is 42.6 Å². The average Bonchev–Trinajstić information content (AvgIpc) is 3.08. The van der Waals surface area contributed by atoms with Crippen LogP contribution in [0.2, 0.25) is 0 Å². The first-order valence-corrected chi connectivity index (χ1v) is 11.3. The summed E-state index contributed by atoms with van der Waals surface area (Å²) in [6.07, 6.45) is 2.61. The maximum atomic E-state index is 12.9. The number of hydrogen-bond acceptors (Lipinski definition) is 7. The molecule has 2 amide bonds. The Balaban J connectivity index is 1.42. The minimum absolute atomic E-state index is 0.0652. The lowest BCUT2D eigenvalue weighted by atomic mass is 10.1. The second-order valence-corrected chi connectivity index (χ2v) is 9.54. The molecule has 3 aliphatic rings. The highest BCUT2D eigenvalue weighted by molar-refractivity contribution is 7.91. The number of pyridine rings is 1. The zero-order chi connectivity index (χ0) is 19.7. The number of aromatic nitrogens is 1. The van der Waals surface area contributed by atoms with Crippen LogP contribution in [-0.2, 0) is 19.4 Å². The Morgan fingerprint density at radius 3 is 2.54 bits per heavy atom. The summed E-state index contributed by atoms with van der Waals surface area (Å²) >= 11 is 0. The first-order chi connectivity index (χ1) is 13.4. The summed E-state index contributed by atoms with van der Waals surface area (Å²) in [7, 11) is -3.13. The summed E-state index contributed by atoms with van der Waals surface area (Å²) in [5.74, 6) is 0.504. The van der Waals surface area contributed by atoms with Crippen LogP contribution in [0.25, 0.3) is 0 Å². The molecule has 3 aliphatic heterocycles. The van der Waals surface area contributed by atoms with E-state index in [0.717, 1.165) is 5.82 Å². The van der Waals surface area contributed by atoms with Gasteiger partial charge >= 0.3 is 0 Å². The lowest BCUT2D eigenvalue weighted by molar-refractivity contribution is -0.134. The summed E-state index contributed by atoms with van der Waals surface area (Å²) in [5, 5.41) is 5.52. The summed E-state index contributed by atoms with van der Waals surface area (Å²) in [6.45, 7) is 2.47. The fraction of sp³-hybridized carbons (Fsp3) is 0.556. The maximum Gasteiger partial charge on any atom is 0.270 e. The van der Waals surface area contributed by atoms with E-state index in [1.807, 2.05) is 18.2 Å². The smallest absolute Gasteiger partial charge is 0.270 e. The molecular formula is C18H23N5O4S. The second kappa shape index (κ2) is 7.50. The van der Waals surface area contributed by atoms with Crippen LogP contribution in [0.1, 0.15) is 19.3 Å². The van der Waals surface area contributed by atoms with E-state index in [0.29, 0.717) is 44.7 Å². The predicted octanol–water partition coefficient (Wildman–Crippen LogP) is -0.104. The van der Waals surface area contributed by atoms with Crippen molar-refractivity contribution in [3.8, 4) is 0 Å². The van der Waals surface area contributed by atoms with Gasteiger partial charge in [-0.3, -0.25) is 9.59 Å². The Hall–Kier alpha value is -2.49. The summed E-state index contributed by atoms with van der Waals surface area (Å²) in [5.41, 5.74) is 0.343. The zero-order valence-electron chi connectivity index (χ0n) is 15.5. The Kier molecular flexibility index (Phi) is 5.05. The lowest BCUT2D eigenvalue weighted by Crippen LogP contribution is -2.52. The molecule has 2 fully saturated rings. The average molecular weight is 405 g/mol. The Morgan fingerprint density at radius 2 is 1.89 bits per heavy atom. The normalized spacial score (nSPS) is 25.0. The number of hydrogen-bond donors (Lipinski definition) is 0. The van der Waals surface area contributed by atoms with Gasteiger partial charge in [0.15, 0.2) is 9.84 Å². The number of piperazine rings is 1. The number of hydrazone groups is 1. The van der Waals surface area contributed by atoms with Gasteiger partial charge in [0.1, 0.15) is 11.5 Å². The van der Waals surface area contributed by atoms with Crippen molar-refractivity contribution in [3.63, 3.8) is 0 Å². The molecule has 4 heterocycles. The van der Waals surface area contributed by atoms with Crippen LogP contribution in [0.5, 0.6) is 0 Å². The maximum absolute atomic E-state index is 12.9. The van der Waals surface area contributed by atoms with Crippen LogP contribution in [0, 0.1) is 0 Å². The zero-order valence-corrected chi connectivity index (χ0v) is 16.3. The molecule has 0 N–H and O–H groups in total. The van der Waals surface area contributed by atoms with Crippen molar-refractivity contribution >= 4 is 33.2 Å². The lowest BCUT2D eigenvalue weighted by Gasteiger charge is -2.36. The van der Waals surface area contributed by atoms with Crippen LogP contribution in [-0.4, -0.2) is 84.6 Å². The van der Waals surface area contributed by atoms with Gasteiger partial charge in [-0.15, -0.1) is 0 Å². The van der Waals surface area contributed by atoms with Gasteiger partial charge in [-0.2, -0.15) is 5.10 Å². The van der Waals surface area contributed by atoms with Crippen molar-refractivity contribution < 1.29 is 18.0 Å². The second-order valence-electron chi connectivity index (χ2n) is 7.31. The van der Waals surface area contributed by atoms with Crippen molar-refractivity contribution in [1.29, 1.82) is 0 Å². The van der Waals surface area contributed by atoms with Crippen LogP contribution >= 0.6 is 0 Å². The van der Waals surface area contributed by atoms with E-state index in [2.05, 4.69) is 15.0 Å². The molecule has 10 heteroatoms. The molecule has 0 saturated carbocycles. The summed E-state index contributed by atoms with van der Waals surface area (Å²) < 4.78 is 23.5. The third-order valence-corrected chi connectivity index (χ3v) is 7.15. The predicted molar refractivity (Wildman–Crippen MR) is 104 cm³/mol. The SMILES string of the molecule is O=C(C1=NN(C2CCS(=O)(=O)C2)C(=O)CC1)N1CCN(c2ccccn2)CC1. The van der Waals surface area contributed by atoms with Crippen LogP contribution in [0.15, 0.2) is 29.5 Å². The molecule has 1 atom stereocenters. The molecule has 0 aromatic carbocycles. The number of sulfone groups is 1. The highest BCUT2D eigenvalue weighted by Crippen LogP contribution is 2.23. The number of carbonyl (C=O) groups is 2. The monoisotopic (exact) mass is 405 g/mol. The number of carbonyl (C=O) groups excluding carboxylic acids is 2.